The van der Waals surface area contributed by atoms with Crippen LogP contribution in [0.15, 0.2) is 0 Å². The van der Waals surface area contributed by atoms with Crippen LogP contribution < -0.4 is 5.32 Å². The van der Waals surface area contributed by atoms with E-state index < -0.39 is 0 Å². The molecule has 0 aliphatic carbocycles. The Morgan fingerprint density at radius 1 is 1.35 bits per heavy atom. The summed E-state index contributed by atoms with van der Waals surface area (Å²) in [5.41, 5.74) is -0.173. The Hall–Kier alpha value is -1.10. The zero-order valence-corrected chi connectivity index (χ0v) is 13.2. The minimum atomic E-state index is -0.173. The van der Waals surface area contributed by atoms with E-state index in [9.17, 15) is 9.59 Å². The van der Waals surface area contributed by atoms with Gasteiger partial charge in [-0.15, -0.1) is 0 Å². The summed E-state index contributed by atoms with van der Waals surface area (Å²) < 4.78 is 5.07. The van der Waals surface area contributed by atoms with E-state index in [0.29, 0.717) is 19.7 Å². The smallest absolute Gasteiger partial charge is 0.310 e. The summed E-state index contributed by atoms with van der Waals surface area (Å²) in [7, 11) is 0. The van der Waals surface area contributed by atoms with Gasteiger partial charge in [-0.2, -0.15) is 0 Å². The van der Waals surface area contributed by atoms with Crippen LogP contribution in [-0.4, -0.2) is 48.6 Å². The van der Waals surface area contributed by atoms with Crippen molar-refractivity contribution in [2.24, 2.45) is 5.92 Å². The topological polar surface area (TPSA) is 58.6 Å². The first kappa shape index (κ1) is 17.0. The zero-order valence-electron chi connectivity index (χ0n) is 13.2. The van der Waals surface area contributed by atoms with Crippen molar-refractivity contribution in [3.63, 3.8) is 0 Å². The molecule has 0 bridgehead atoms. The first-order valence-corrected chi connectivity index (χ1v) is 7.58. The summed E-state index contributed by atoms with van der Waals surface area (Å²) in [6, 6.07) is 0. The average Bonchev–Trinajstić information content (AvgIpc) is 2.38. The highest BCUT2D eigenvalue weighted by atomic mass is 16.5. The Labute approximate surface area is 122 Å². The lowest BCUT2D eigenvalue weighted by molar-refractivity contribution is -0.150. The molecule has 0 aromatic carbocycles. The summed E-state index contributed by atoms with van der Waals surface area (Å²) in [5.74, 6) is -0.191. The van der Waals surface area contributed by atoms with Crippen molar-refractivity contribution in [3.8, 4) is 0 Å². The molecule has 0 radical (unpaired) electrons. The largest absolute Gasteiger partial charge is 0.466 e. The van der Waals surface area contributed by atoms with Gasteiger partial charge in [-0.05, 0) is 46.6 Å². The van der Waals surface area contributed by atoms with E-state index in [-0.39, 0.29) is 23.3 Å². The van der Waals surface area contributed by atoms with Crippen LogP contribution in [0.4, 0.5) is 0 Å². The lowest BCUT2D eigenvalue weighted by atomic mass is 9.98. The fourth-order valence-corrected chi connectivity index (χ4v) is 2.36. The number of carbonyl (C=O) groups excluding carboxylic acids is 2. The second kappa shape index (κ2) is 7.62. The predicted octanol–water partition coefficient (Wildman–Crippen LogP) is 1.57. The quantitative estimate of drug-likeness (QED) is 0.752. The molecule has 0 saturated carbocycles. The number of nitrogens with zero attached hydrogens (tertiary/aromatic N) is 1. The fourth-order valence-electron chi connectivity index (χ4n) is 2.36. The molecule has 1 rings (SSSR count). The van der Waals surface area contributed by atoms with Gasteiger partial charge in [0.1, 0.15) is 0 Å². The van der Waals surface area contributed by atoms with Crippen LogP contribution in [0.2, 0.25) is 0 Å². The van der Waals surface area contributed by atoms with Crippen molar-refractivity contribution >= 4 is 11.9 Å². The van der Waals surface area contributed by atoms with Crippen LogP contribution in [0.3, 0.4) is 0 Å². The minimum absolute atomic E-state index is 0.0290. The second-order valence-electron chi connectivity index (χ2n) is 6.11. The van der Waals surface area contributed by atoms with E-state index in [2.05, 4.69) is 12.2 Å². The molecule has 1 saturated heterocycles. The second-order valence-corrected chi connectivity index (χ2v) is 6.11. The Morgan fingerprint density at radius 3 is 2.65 bits per heavy atom. The van der Waals surface area contributed by atoms with Gasteiger partial charge in [0.15, 0.2) is 0 Å². The van der Waals surface area contributed by atoms with Gasteiger partial charge in [-0.3, -0.25) is 14.5 Å². The lowest BCUT2D eigenvalue weighted by Gasteiger charge is -2.32. The average molecular weight is 284 g/mol. The highest BCUT2D eigenvalue weighted by Crippen LogP contribution is 2.17. The third kappa shape index (κ3) is 5.49. The van der Waals surface area contributed by atoms with E-state index in [4.69, 9.17) is 4.74 Å². The van der Waals surface area contributed by atoms with Crippen molar-refractivity contribution in [1.29, 1.82) is 0 Å². The van der Waals surface area contributed by atoms with Crippen molar-refractivity contribution < 1.29 is 14.3 Å². The van der Waals surface area contributed by atoms with Gasteiger partial charge in [0.2, 0.25) is 5.91 Å². The first-order valence-electron chi connectivity index (χ1n) is 7.58. The first-order chi connectivity index (χ1) is 9.38. The molecule has 1 aliphatic rings. The third-order valence-electron chi connectivity index (χ3n) is 3.85. The summed E-state index contributed by atoms with van der Waals surface area (Å²) in [6.45, 7) is 10.2. The van der Waals surface area contributed by atoms with Gasteiger partial charge in [0.25, 0.3) is 0 Å². The maximum atomic E-state index is 12.0. The van der Waals surface area contributed by atoms with Crippen LogP contribution in [-0.2, 0) is 14.3 Å². The molecule has 0 unspecified atom stereocenters. The lowest BCUT2D eigenvalue weighted by Crippen LogP contribution is -2.49. The molecule has 1 aliphatic heterocycles. The molecule has 1 N–H and O–H groups in total. The number of amides is 1. The fraction of sp³-hybridized carbons (Fsp3) is 0.867. The number of esters is 1. The molecule has 1 heterocycles. The molecule has 0 aromatic rings. The van der Waals surface area contributed by atoms with E-state index in [0.717, 1.165) is 25.8 Å². The molecule has 116 valence electrons. The molecule has 1 amide bonds. The van der Waals surface area contributed by atoms with E-state index >= 15 is 0 Å². The molecular formula is C15H28N2O3. The summed E-state index contributed by atoms with van der Waals surface area (Å²) in [6.07, 6.45) is 2.69. The number of hydrogen-bond donors (Lipinski definition) is 1. The van der Waals surface area contributed by atoms with E-state index in [1.165, 1.54) is 0 Å². The highest BCUT2D eigenvalue weighted by Gasteiger charge is 2.28. The Bertz CT molecular complexity index is 342. The predicted molar refractivity (Wildman–Crippen MR) is 78.3 cm³/mol. The van der Waals surface area contributed by atoms with Crippen molar-refractivity contribution in [3.05, 3.63) is 0 Å². The molecule has 1 fully saturated rings. The summed E-state index contributed by atoms with van der Waals surface area (Å²) in [4.78, 5) is 25.8. The Balaban J connectivity index is 2.44. The van der Waals surface area contributed by atoms with Gasteiger partial charge in [0, 0.05) is 12.1 Å². The number of ether oxygens (including phenoxy) is 1. The van der Waals surface area contributed by atoms with Gasteiger partial charge in [-0.25, -0.2) is 0 Å². The maximum absolute atomic E-state index is 12.0. The number of piperidine rings is 1. The van der Waals surface area contributed by atoms with Crippen LogP contribution in [0.1, 0.15) is 47.0 Å². The number of carbonyl (C=O) groups is 2. The monoisotopic (exact) mass is 284 g/mol. The van der Waals surface area contributed by atoms with Crippen molar-refractivity contribution in [2.45, 2.75) is 52.5 Å². The molecule has 0 aromatic heterocycles. The maximum Gasteiger partial charge on any atom is 0.310 e. The van der Waals surface area contributed by atoms with Crippen molar-refractivity contribution in [2.75, 3.05) is 26.2 Å². The highest BCUT2D eigenvalue weighted by molar-refractivity contribution is 5.79. The standard InChI is InChI=1S/C15H28N2O3/c1-5-15(3,4)16-13(18)11-17-9-7-8-12(10-17)14(19)20-6-2/h12H,5-11H2,1-4H3,(H,16,18)/t12-/m1/s1. The molecule has 20 heavy (non-hydrogen) atoms. The summed E-state index contributed by atoms with van der Waals surface area (Å²) >= 11 is 0. The molecule has 0 spiro atoms. The Morgan fingerprint density at radius 2 is 2.05 bits per heavy atom. The molecule has 5 nitrogen and oxygen atoms in total. The molecule has 1 atom stereocenters. The number of nitrogens with one attached hydrogen (secondary N) is 1. The zero-order chi connectivity index (χ0) is 15.2. The van der Waals surface area contributed by atoms with Crippen LogP contribution >= 0.6 is 0 Å². The number of hydrogen-bond acceptors (Lipinski definition) is 4. The molecular weight excluding hydrogens is 256 g/mol. The van der Waals surface area contributed by atoms with Crippen LogP contribution in [0.25, 0.3) is 0 Å². The SMILES string of the molecule is CCOC(=O)[C@@H]1CCCN(CC(=O)NC(C)(C)CC)C1. The Kier molecular flexibility index (Phi) is 6.46. The van der Waals surface area contributed by atoms with Gasteiger partial charge in [0.05, 0.1) is 19.1 Å². The third-order valence-corrected chi connectivity index (χ3v) is 3.85. The van der Waals surface area contributed by atoms with E-state index in [1.54, 1.807) is 0 Å². The number of likely N-dealkylation sites (tertiary alicyclic amines) is 1. The van der Waals surface area contributed by atoms with Crippen LogP contribution in [0.5, 0.6) is 0 Å². The van der Waals surface area contributed by atoms with Crippen LogP contribution in [0, 0.1) is 5.92 Å². The van der Waals surface area contributed by atoms with Crippen molar-refractivity contribution in [1.82, 2.24) is 10.2 Å². The van der Waals surface area contributed by atoms with Gasteiger partial charge < -0.3 is 10.1 Å². The minimum Gasteiger partial charge on any atom is -0.466 e. The van der Waals surface area contributed by atoms with E-state index in [1.807, 2.05) is 25.7 Å². The molecule has 5 heteroatoms. The van der Waals surface area contributed by atoms with Gasteiger partial charge in [-0.1, -0.05) is 6.92 Å². The number of rotatable bonds is 6. The summed E-state index contributed by atoms with van der Waals surface area (Å²) in [5, 5.41) is 3.03. The normalized spacial score (nSPS) is 20.5. The van der Waals surface area contributed by atoms with Gasteiger partial charge >= 0.3 is 5.97 Å².